The number of aromatic nitrogens is 3. The van der Waals surface area contributed by atoms with Gasteiger partial charge in [-0.2, -0.15) is 5.10 Å². The molecule has 2 N–H and O–H groups in total. The van der Waals surface area contributed by atoms with Crippen molar-refractivity contribution < 1.29 is 29.3 Å². The first-order chi connectivity index (χ1) is 25.2. The van der Waals surface area contributed by atoms with E-state index in [1.165, 1.54) is 12.1 Å². The van der Waals surface area contributed by atoms with Gasteiger partial charge in [0.25, 0.3) is 5.91 Å². The molecule has 0 spiro atoms. The lowest BCUT2D eigenvalue weighted by molar-refractivity contribution is -0.140. The maximum Gasteiger partial charge on any atom is 0.305 e. The fourth-order valence-electron chi connectivity index (χ4n) is 6.81. The number of carbonyl (C=O) groups is 3. The number of hydrogen-bond acceptors (Lipinski definition) is 9. The third kappa shape index (κ3) is 7.58. The molecule has 3 atom stereocenters. The van der Waals surface area contributed by atoms with Crippen LogP contribution in [0.3, 0.4) is 0 Å². The molecule has 3 heterocycles. The summed E-state index contributed by atoms with van der Waals surface area (Å²) in [6.45, 7) is 2.50. The number of aliphatic hydroxyl groups excluding tert-OH is 1. The number of rotatable bonds is 15. The van der Waals surface area contributed by atoms with Crippen molar-refractivity contribution in [3.8, 4) is 0 Å². The maximum atomic E-state index is 14.2. The van der Waals surface area contributed by atoms with E-state index in [-0.39, 0.29) is 37.2 Å². The Morgan fingerprint density at radius 1 is 1.00 bits per heavy atom. The molecule has 12 heteroatoms. The summed E-state index contributed by atoms with van der Waals surface area (Å²) < 4.78 is 6.47. The third-order valence-electron chi connectivity index (χ3n) is 9.78. The summed E-state index contributed by atoms with van der Waals surface area (Å²) in [5.41, 5.74) is 2.83. The van der Waals surface area contributed by atoms with Crippen LogP contribution in [0.15, 0.2) is 102 Å². The number of nitrogens with zero attached hydrogens (tertiary/aromatic N) is 6. The molecule has 6 rings (SSSR count). The molecular formula is C40H44N6O6. The number of esters is 1. The zero-order chi connectivity index (χ0) is 36.7. The lowest BCUT2D eigenvalue weighted by Crippen LogP contribution is -2.44. The van der Waals surface area contributed by atoms with Gasteiger partial charge in [0, 0.05) is 50.0 Å². The van der Waals surface area contributed by atoms with Crippen LogP contribution in [0.5, 0.6) is 0 Å². The van der Waals surface area contributed by atoms with E-state index in [1.54, 1.807) is 34.7 Å². The molecule has 3 aromatic carbocycles. The molecule has 0 fully saturated rings. The predicted octanol–water partition coefficient (Wildman–Crippen LogP) is 5.09. The van der Waals surface area contributed by atoms with Crippen molar-refractivity contribution in [2.75, 3.05) is 30.2 Å². The highest BCUT2D eigenvalue weighted by atomic mass is 16.5. The van der Waals surface area contributed by atoms with Gasteiger partial charge in [-0.25, -0.2) is 5.01 Å². The van der Waals surface area contributed by atoms with Crippen LogP contribution in [0.2, 0.25) is 0 Å². The summed E-state index contributed by atoms with van der Waals surface area (Å²) in [7, 11) is 1.34. The topological polar surface area (TPSA) is 150 Å². The molecule has 4 aromatic rings. The highest BCUT2D eigenvalue weighted by Crippen LogP contribution is 2.47. The number of benzene rings is 3. The number of unbranched alkanes of at least 4 members (excludes halogenated alkanes) is 1. The molecule has 1 aromatic heterocycles. The molecule has 1 unspecified atom stereocenters. The van der Waals surface area contributed by atoms with E-state index in [4.69, 9.17) is 9.84 Å². The largest absolute Gasteiger partial charge is 0.469 e. The Morgan fingerprint density at radius 2 is 1.75 bits per heavy atom. The van der Waals surface area contributed by atoms with E-state index in [0.29, 0.717) is 61.4 Å². The number of amides is 2. The molecule has 0 aliphatic carbocycles. The Hall–Kier alpha value is -5.46. The van der Waals surface area contributed by atoms with Crippen molar-refractivity contribution in [3.05, 3.63) is 120 Å². The SMILES string of the molecule is COC(=O)CCCCN1C(=O)[C@@](O)([C@@H](C)/C=C/CCn2cc(C(CO)c3ccccc3)nn2)c2cc(N3N=C(c4ccccc4)CCC3=O)ccc21. The Labute approximate surface area is 303 Å². The molecule has 0 bridgehead atoms. The Kier molecular flexibility index (Phi) is 11.4. The Balaban J connectivity index is 1.22. The minimum atomic E-state index is -1.92. The molecule has 0 saturated heterocycles. The van der Waals surface area contributed by atoms with Crippen molar-refractivity contribution in [1.29, 1.82) is 0 Å². The average Bonchev–Trinajstić information content (AvgIpc) is 3.73. The number of anilines is 2. The summed E-state index contributed by atoms with van der Waals surface area (Å²) >= 11 is 0. The fourth-order valence-corrected chi connectivity index (χ4v) is 6.81. The van der Waals surface area contributed by atoms with Gasteiger partial charge in [0.1, 0.15) is 0 Å². The van der Waals surface area contributed by atoms with Crippen LogP contribution in [-0.2, 0) is 31.3 Å². The Bertz CT molecular complexity index is 1940. The molecule has 0 saturated carbocycles. The molecular weight excluding hydrogens is 660 g/mol. The van der Waals surface area contributed by atoms with Gasteiger partial charge in [0.05, 0.1) is 42.4 Å². The zero-order valence-corrected chi connectivity index (χ0v) is 29.5. The van der Waals surface area contributed by atoms with E-state index in [2.05, 4.69) is 10.3 Å². The van der Waals surface area contributed by atoms with E-state index >= 15 is 0 Å². The molecule has 2 aliphatic rings. The summed E-state index contributed by atoms with van der Waals surface area (Å²) in [4.78, 5) is 40.6. The lowest BCUT2D eigenvalue weighted by Gasteiger charge is -2.28. The maximum absolute atomic E-state index is 14.2. The molecule has 2 amide bonds. The smallest absolute Gasteiger partial charge is 0.305 e. The first-order valence-electron chi connectivity index (χ1n) is 17.7. The van der Waals surface area contributed by atoms with Gasteiger partial charge in [-0.1, -0.05) is 85.0 Å². The molecule has 2 aliphatic heterocycles. The number of aliphatic hydroxyl groups is 2. The summed E-state index contributed by atoms with van der Waals surface area (Å²) in [6.07, 6.45) is 8.17. The summed E-state index contributed by atoms with van der Waals surface area (Å²) in [5, 5.41) is 37.0. The zero-order valence-electron chi connectivity index (χ0n) is 29.5. The Morgan fingerprint density at radius 3 is 2.48 bits per heavy atom. The van der Waals surface area contributed by atoms with E-state index in [0.717, 1.165) is 16.8 Å². The highest BCUT2D eigenvalue weighted by molar-refractivity contribution is 6.10. The number of hydrazone groups is 1. The van der Waals surface area contributed by atoms with Gasteiger partial charge in [-0.15, -0.1) is 5.10 Å². The normalized spacial score (nSPS) is 18.4. The van der Waals surface area contributed by atoms with Crippen LogP contribution in [-0.4, -0.2) is 69.0 Å². The monoisotopic (exact) mass is 704 g/mol. The van der Waals surface area contributed by atoms with Crippen LogP contribution in [0, 0.1) is 5.92 Å². The number of allylic oxidation sites excluding steroid dienone is 1. The summed E-state index contributed by atoms with van der Waals surface area (Å²) in [6, 6.07) is 24.6. The first-order valence-corrected chi connectivity index (χ1v) is 17.7. The quantitative estimate of drug-likeness (QED) is 0.0987. The van der Waals surface area contributed by atoms with Crippen LogP contribution in [0.4, 0.5) is 11.4 Å². The van der Waals surface area contributed by atoms with E-state index in [9.17, 15) is 24.6 Å². The van der Waals surface area contributed by atoms with E-state index < -0.39 is 17.4 Å². The van der Waals surface area contributed by atoms with Crippen LogP contribution in [0.1, 0.15) is 73.8 Å². The molecule has 12 nitrogen and oxygen atoms in total. The van der Waals surface area contributed by atoms with Crippen molar-refractivity contribution in [2.24, 2.45) is 11.0 Å². The van der Waals surface area contributed by atoms with Gasteiger partial charge in [-0.3, -0.25) is 19.1 Å². The van der Waals surface area contributed by atoms with E-state index in [1.807, 2.05) is 79.0 Å². The summed E-state index contributed by atoms with van der Waals surface area (Å²) in [5.74, 6) is -1.88. The second-order valence-corrected chi connectivity index (χ2v) is 13.1. The number of ether oxygens (including phenoxy) is 1. The van der Waals surface area contributed by atoms with Crippen molar-refractivity contribution in [3.63, 3.8) is 0 Å². The van der Waals surface area contributed by atoms with Crippen molar-refractivity contribution in [2.45, 2.75) is 63.5 Å². The second kappa shape index (κ2) is 16.3. The average molecular weight is 705 g/mol. The fraction of sp³-hybridized carbons (Fsp3) is 0.350. The standard InChI is InChI=1S/C40H44N6O6/c1-28(13-9-11-23-44-26-35(41-43-44)32(27-47)29-14-5-3-6-15-29)40(51)33-25-31(46-37(48)22-20-34(42-46)30-16-7-4-8-17-30)19-21-36(33)45(39(40)50)24-12-10-18-38(49)52-2/h3-9,13-17,19,21,25-26,28,32,47,51H,10-12,18,20,22-24,27H2,1-2H3/b13-9+/t28-,32?,40+/m0/s1. The van der Waals surface area contributed by atoms with Gasteiger partial charge in [0.2, 0.25) is 5.91 Å². The van der Waals surface area contributed by atoms with Gasteiger partial charge in [0.15, 0.2) is 5.60 Å². The number of hydrogen-bond donors (Lipinski definition) is 2. The number of carbonyl (C=O) groups excluding carboxylic acids is 3. The van der Waals surface area contributed by atoms with Crippen LogP contribution >= 0.6 is 0 Å². The molecule has 0 radical (unpaired) electrons. The number of aryl methyl sites for hydroxylation is 1. The first kappa shape index (κ1) is 36.3. The minimum Gasteiger partial charge on any atom is -0.469 e. The number of methoxy groups -OCH3 is 1. The second-order valence-electron chi connectivity index (χ2n) is 13.1. The predicted molar refractivity (Wildman–Crippen MR) is 197 cm³/mol. The van der Waals surface area contributed by atoms with Crippen LogP contribution in [0.25, 0.3) is 0 Å². The highest BCUT2D eigenvalue weighted by Gasteiger charge is 2.52. The number of fused-ring (bicyclic) bond motifs is 1. The van der Waals surface area contributed by atoms with Crippen molar-refractivity contribution in [1.82, 2.24) is 15.0 Å². The van der Waals surface area contributed by atoms with Crippen LogP contribution < -0.4 is 9.91 Å². The third-order valence-corrected chi connectivity index (χ3v) is 9.78. The van der Waals surface area contributed by atoms with Gasteiger partial charge >= 0.3 is 5.97 Å². The minimum absolute atomic E-state index is 0.0926. The molecule has 52 heavy (non-hydrogen) atoms. The van der Waals surface area contributed by atoms with Crippen molar-refractivity contribution >= 4 is 34.9 Å². The van der Waals surface area contributed by atoms with Gasteiger partial charge in [-0.05, 0) is 48.6 Å². The molecule has 270 valence electrons. The lowest BCUT2D eigenvalue weighted by atomic mass is 9.82. The van der Waals surface area contributed by atoms with Gasteiger partial charge < -0.3 is 19.8 Å².